The third-order valence-corrected chi connectivity index (χ3v) is 7.73. The van der Waals surface area contributed by atoms with E-state index in [1.54, 1.807) is 0 Å². The fourth-order valence-corrected chi connectivity index (χ4v) is 4.34. The molecule has 12 amide bonds. The Kier molecular flexibility index (Phi) is 28.1. The maximum absolute atomic E-state index is 12.8. The van der Waals surface area contributed by atoms with Crippen molar-refractivity contribution >= 4 is 76.9 Å². The average molecular weight is 940 g/mol. The van der Waals surface area contributed by atoms with Crippen molar-refractivity contribution in [3.05, 3.63) is 0 Å². The predicted octanol–water partition coefficient (Wildman–Crippen LogP) is -15.4. The molecule has 0 rings (SSSR count). The van der Waals surface area contributed by atoms with Crippen LogP contribution in [0.25, 0.3) is 0 Å². The summed E-state index contributed by atoms with van der Waals surface area (Å²) < 4.78 is 0. The summed E-state index contributed by atoms with van der Waals surface area (Å²) in [6, 6.07) is -10.5. The molecule has 366 valence electrons. The minimum absolute atomic E-state index is 0.421. The molecule has 65 heavy (non-hydrogen) atoms. The zero-order valence-corrected chi connectivity index (χ0v) is 34.2. The van der Waals surface area contributed by atoms with E-state index in [-0.39, 0.29) is 0 Å². The van der Waals surface area contributed by atoms with Gasteiger partial charge in [0.05, 0.1) is 78.9 Å². The van der Waals surface area contributed by atoms with E-state index < -0.39 is 199 Å². The van der Waals surface area contributed by atoms with E-state index in [0.29, 0.717) is 0 Å². The first-order chi connectivity index (χ1) is 30.7. The van der Waals surface area contributed by atoms with Crippen molar-refractivity contribution in [1.29, 1.82) is 0 Å². The number of hydrogen-bond donors (Lipinski definition) is 20. The molecule has 0 aromatic heterocycles. The second kappa shape index (κ2) is 31.6. The number of carbonyl (C=O) groups is 13. The molecule has 0 unspecified atom stereocenters. The Morgan fingerprint density at radius 2 is 0.538 bits per heavy atom. The quantitative estimate of drug-likeness (QED) is 0.0307. The molecule has 33 nitrogen and oxygen atoms in total. The highest BCUT2D eigenvalue weighted by Crippen LogP contribution is 1.94. The van der Waals surface area contributed by atoms with Crippen LogP contribution in [0.1, 0.15) is 0 Å². The Labute approximate surface area is 366 Å². The van der Waals surface area contributed by atoms with Gasteiger partial charge in [-0.25, -0.2) is 0 Å². The number of nitrogens with one attached hydrogen (secondary N) is 12. The van der Waals surface area contributed by atoms with Gasteiger partial charge in [0.1, 0.15) is 42.8 Å². The van der Waals surface area contributed by atoms with Crippen LogP contribution in [0.15, 0.2) is 0 Å². The molecule has 0 aliphatic carbocycles. The van der Waals surface area contributed by atoms with Crippen molar-refractivity contribution < 1.29 is 98.1 Å². The SMILES string of the molecule is NCC(=O)NCC(=O)N[C@@H](CO)C(=O)NCC(=O)N[C@@H](CO)C(=O)N[C@@H](CO)C(=O)N[C@@H](CO)C(=O)NCC(=O)N[C@@H](CO)C(=O)NCC(=O)N[C@@H](CO)C(=O)NCC(=O)NCC(=O)O. The van der Waals surface area contributed by atoms with Gasteiger partial charge in [-0.05, 0) is 0 Å². The number of aliphatic hydroxyl groups is 6. The lowest BCUT2D eigenvalue weighted by Crippen LogP contribution is -2.60. The Balaban J connectivity index is 5.04. The van der Waals surface area contributed by atoms with Crippen molar-refractivity contribution in [3.63, 3.8) is 0 Å². The Hall–Kier alpha value is -7.17. The van der Waals surface area contributed by atoms with Gasteiger partial charge in [0.15, 0.2) is 0 Å². The molecular formula is C32H53N13O20. The molecule has 0 spiro atoms. The van der Waals surface area contributed by atoms with Crippen LogP contribution in [-0.2, 0) is 62.3 Å². The number of carbonyl (C=O) groups excluding carboxylic acids is 12. The monoisotopic (exact) mass is 939 g/mol. The summed E-state index contributed by atoms with van der Waals surface area (Å²) in [5, 5.41) is 90.1. The molecule has 0 bridgehead atoms. The number of carboxylic acids is 1. The van der Waals surface area contributed by atoms with Crippen molar-refractivity contribution in [2.45, 2.75) is 36.3 Å². The zero-order chi connectivity index (χ0) is 49.6. The maximum Gasteiger partial charge on any atom is 0.322 e. The second-order valence-electron chi connectivity index (χ2n) is 12.7. The average Bonchev–Trinajstić information content (AvgIpc) is 3.28. The van der Waals surface area contributed by atoms with E-state index in [1.807, 2.05) is 53.2 Å². The lowest BCUT2D eigenvalue weighted by atomic mass is 10.2. The normalized spacial score (nSPS) is 13.2. The molecule has 0 aromatic rings. The Bertz CT molecular complexity index is 1720. The fraction of sp³-hybridized carbons (Fsp3) is 0.594. The molecule has 33 heteroatoms. The lowest BCUT2D eigenvalue weighted by Gasteiger charge is -2.23. The van der Waals surface area contributed by atoms with Crippen LogP contribution in [0.4, 0.5) is 0 Å². The molecule has 0 fully saturated rings. The summed E-state index contributed by atoms with van der Waals surface area (Å²) in [5.41, 5.74) is 5.09. The molecular weight excluding hydrogens is 886 g/mol. The number of hydrogen-bond acceptors (Lipinski definition) is 20. The van der Waals surface area contributed by atoms with Gasteiger partial charge in [0, 0.05) is 0 Å². The van der Waals surface area contributed by atoms with Crippen LogP contribution >= 0.6 is 0 Å². The van der Waals surface area contributed by atoms with Crippen LogP contribution in [0, 0.1) is 0 Å². The number of nitrogens with two attached hydrogens (primary N) is 1. The van der Waals surface area contributed by atoms with Crippen LogP contribution in [0.5, 0.6) is 0 Å². The van der Waals surface area contributed by atoms with Gasteiger partial charge in [-0.3, -0.25) is 62.3 Å². The first kappa shape index (κ1) is 57.8. The summed E-state index contributed by atoms with van der Waals surface area (Å²) in [6.07, 6.45) is 0. The molecule has 0 aromatic carbocycles. The molecule has 21 N–H and O–H groups in total. The lowest BCUT2D eigenvalue weighted by molar-refractivity contribution is -0.138. The zero-order valence-electron chi connectivity index (χ0n) is 34.2. The first-order valence-electron chi connectivity index (χ1n) is 18.7. The minimum atomic E-state index is -1.88. The fourth-order valence-electron chi connectivity index (χ4n) is 4.34. The molecule has 6 atom stereocenters. The summed E-state index contributed by atoms with van der Waals surface area (Å²) in [7, 11) is 0. The van der Waals surface area contributed by atoms with Crippen molar-refractivity contribution in [2.75, 3.05) is 85.5 Å². The van der Waals surface area contributed by atoms with E-state index >= 15 is 0 Å². The van der Waals surface area contributed by atoms with E-state index in [9.17, 15) is 93.0 Å². The highest BCUT2D eigenvalue weighted by molar-refractivity contribution is 5.97. The molecule has 0 saturated carbocycles. The van der Waals surface area contributed by atoms with Gasteiger partial charge in [-0.1, -0.05) is 0 Å². The topological polar surface area (TPSA) is 534 Å². The maximum atomic E-state index is 12.8. The number of rotatable bonds is 31. The van der Waals surface area contributed by atoms with Crippen molar-refractivity contribution in [2.24, 2.45) is 5.73 Å². The van der Waals surface area contributed by atoms with Crippen molar-refractivity contribution in [3.8, 4) is 0 Å². The smallest absolute Gasteiger partial charge is 0.322 e. The van der Waals surface area contributed by atoms with E-state index in [0.717, 1.165) is 0 Å². The van der Waals surface area contributed by atoms with Crippen LogP contribution in [-0.4, -0.2) is 234 Å². The predicted molar refractivity (Wildman–Crippen MR) is 209 cm³/mol. The van der Waals surface area contributed by atoms with E-state index in [4.69, 9.17) is 10.8 Å². The largest absolute Gasteiger partial charge is 0.480 e. The van der Waals surface area contributed by atoms with E-state index in [2.05, 4.69) is 10.6 Å². The van der Waals surface area contributed by atoms with Gasteiger partial charge >= 0.3 is 5.97 Å². The number of aliphatic carboxylic acids is 1. The van der Waals surface area contributed by atoms with Gasteiger partial charge in [0.2, 0.25) is 70.9 Å². The Morgan fingerprint density at radius 1 is 0.308 bits per heavy atom. The van der Waals surface area contributed by atoms with E-state index in [1.165, 1.54) is 0 Å². The molecule has 0 aliphatic rings. The molecule has 0 saturated heterocycles. The highest BCUT2D eigenvalue weighted by atomic mass is 16.4. The first-order valence-corrected chi connectivity index (χ1v) is 18.7. The minimum Gasteiger partial charge on any atom is -0.480 e. The van der Waals surface area contributed by atoms with Crippen molar-refractivity contribution in [1.82, 2.24) is 63.8 Å². The van der Waals surface area contributed by atoms with Crippen LogP contribution in [0.2, 0.25) is 0 Å². The Morgan fingerprint density at radius 3 is 0.815 bits per heavy atom. The van der Waals surface area contributed by atoms with Crippen LogP contribution < -0.4 is 69.5 Å². The molecule has 0 aliphatic heterocycles. The third kappa shape index (κ3) is 23.7. The molecule has 0 heterocycles. The summed E-state index contributed by atoms with van der Waals surface area (Å²) in [4.78, 5) is 157. The summed E-state index contributed by atoms with van der Waals surface area (Å²) >= 11 is 0. The van der Waals surface area contributed by atoms with Gasteiger partial charge < -0.3 is 105 Å². The number of carboxylic acid groups (broad SMARTS) is 1. The second-order valence-corrected chi connectivity index (χ2v) is 12.7. The van der Waals surface area contributed by atoms with Gasteiger partial charge in [0.25, 0.3) is 0 Å². The van der Waals surface area contributed by atoms with Gasteiger partial charge in [-0.2, -0.15) is 0 Å². The van der Waals surface area contributed by atoms with Gasteiger partial charge in [-0.15, -0.1) is 0 Å². The molecule has 0 radical (unpaired) electrons. The summed E-state index contributed by atoms with van der Waals surface area (Å²) in [6.45, 7) is -11.5. The van der Waals surface area contributed by atoms with Crippen LogP contribution in [0.3, 0.4) is 0 Å². The highest BCUT2D eigenvalue weighted by Gasteiger charge is 2.30. The number of aliphatic hydroxyl groups excluding tert-OH is 6. The standard InChI is InChI=1S/C32H53N13O20/c33-1-20(52)34-3-22(54)40-15(9-47)28(61)38-6-25(57)43-18(12-50)31(64)45-19(13-51)32(65)44-17(11-49)30(63)39-5-24(56)42-16(10-48)29(62)37-4-23(55)41-14(8-46)27(60)36-2-21(53)35-7-26(58)59/h14-19,46-51H,1-13,33H2,(H,34,52)(H,35,53)(H,36,60)(H,37,62)(H,38,61)(H,39,63)(H,40,54)(H,41,55)(H,42,56)(H,43,57)(H,44,65)(H,45,64)(H,58,59)/t14-,15-,16-,17-,18-,19-/m0/s1. The third-order valence-electron chi connectivity index (χ3n) is 7.73. The summed E-state index contributed by atoms with van der Waals surface area (Å²) in [5.74, 6) is -14.2. The number of amides is 12.